The van der Waals surface area contributed by atoms with Crippen molar-refractivity contribution in [1.29, 1.82) is 0 Å². The molecule has 2 heterocycles. The first-order valence-corrected chi connectivity index (χ1v) is 10.7. The number of amides is 2. The molecule has 2 amide bonds. The lowest BCUT2D eigenvalue weighted by Gasteiger charge is -2.30. The number of hydrogen-bond donors (Lipinski definition) is 1. The smallest absolute Gasteiger partial charge is 0.227 e. The summed E-state index contributed by atoms with van der Waals surface area (Å²) in [7, 11) is -3.19. The number of carbonyl (C=O) groups excluding carboxylic acids is 2. The maximum atomic E-state index is 12.5. The highest BCUT2D eigenvalue weighted by atomic mass is 32.2. The van der Waals surface area contributed by atoms with Crippen molar-refractivity contribution in [2.45, 2.75) is 32.7 Å². The lowest BCUT2D eigenvalue weighted by molar-refractivity contribution is -0.129. The van der Waals surface area contributed by atoms with E-state index in [1.54, 1.807) is 11.8 Å². The Bertz CT molecular complexity index is 814. The predicted molar refractivity (Wildman–Crippen MR) is 99.0 cm³/mol. The van der Waals surface area contributed by atoms with Crippen LogP contribution < -0.4 is 5.32 Å². The van der Waals surface area contributed by atoms with Crippen molar-refractivity contribution < 1.29 is 18.0 Å². The van der Waals surface area contributed by atoms with E-state index >= 15 is 0 Å². The Morgan fingerprint density at radius 3 is 2.42 bits per heavy atom. The Hall–Kier alpha value is -1.93. The van der Waals surface area contributed by atoms with Crippen molar-refractivity contribution in [1.82, 2.24) is 9.21 Å². The summed E-state index contributed by atoms with van der Waals surface area (Å²) >= 11 is 0. The molecule has 1 aromatic rings. The molecule has 0 atom stereocenters. The second-order valence-electron chi connectivity index (χ2n) is 7.10. The molecule has 0 bridgehead atoms. The fourth-order valence-corrected chi connectivity index (χ4v) is 4.47. The van der Waals surface area contributed by atoms with Gasteiger partial charge in [-0.2, -0.15) is 0 Å². The zero-order valence-electron chi connectivity index (χ0n) is 15.2. The van der Waals surface area contributed by atoms with Crippen LogP contribution in [-0.2, 0) is 32.6 Å². The number of nitrogens with one attached hydrogen (secondary N) is 1. The van der Waals surface area contributed by atoms with Crippen molar-refractivity contribution in [3.05, 3.63) is 29.3 Å². The predicted octanol–water partition coefficient (Wildman–Crippen LogP) is 1.20. The van der Waals surface area contributed by atoms with Crippen LogP contribution >= 0.6 is 0 Å². The highest BCUT2D eigenvalue weighted by Gasteiger charge is 2.29. The molecule has 1 saturated heterocycles. The molecule has 1 fully saturated rings. The third-order valence-electron chi connectivity index (χ3n) is 5.23. The van der Waals surface area contributed by atoms with Crippen LogP contribution in [0.4, 0.5) is 5.69 Å². The molecule has 8 heteroatoms. The number of carbonyl (C=O) groups is 2. The lowest BCUT2D eigenvalue weighted by Crippen LogP contribution is -2.40. The molecule has 2 aliphatic heterocycles. The Labute approximate surface area is 154 Å². The van der Waals surface area contributed by atoms with Gasteiger partial charge in [0, 0.05) is 44.7 Å². The number of benzene rings is 1. The van der Waals surface area contributed by atoms with Crippen LogP contribution in [-0.4, -0.2) is 55.3 Å². The minimum atomic E-state index is -3.19. The van der Waals surface area contributed by atoms with E-state index in [4.69, 9.17) is 0 Å². The second-order valence-corrected chi connectivity index (χ2v) is 9.08. The van der Waals surface area contributed by atoms with Gasteiger partial charge in [0.05, 0.1) is 6.26 Å². The molecule has 1 N–H and O–H groups in total. The molecule has 0 aliphatic carbocycles. The number of hydrogen-bond acceptors (Lipinski definition) is 4. The van der Waals surface area contributed by atoms with Crippen LogP contribution in [0.25, 0.3) is 0 Å². The molecule has 0 radical (unpaired) electrons. The van der Waals surface area contributed by atoms with E-state index in [-0.39, 0.29) is 17.7 Å². The summed E-state index contributed by atoms with van der Waals surface area (Å²) in [4.78, 5) is 25.9. The maximum absolute atomic E-state index is 12.5. The molecular formula is C18H25N3O4S. The van der Waals surface area contributed by atoms with Crippen LogP contribution in [0, 0.1) is 5.92 Å². The van der Waals surface area contributed by atoms with Crippen LogP contribution in [0.5, 0.6) is 0 Å². The molecule has 1 aromatic carbocycles. The normalized spacial score (nSPS) is 19.1. The van der Waals surface area contributed by atoms with Gasteiger partial charge in [-0.3, -0.25) is 9.59 Å². The van der Waals surface area contributed by atoms with Crippen LogP contribution in [0.3, 0.4) is 0 Å². The number of piperidine rings is 1. The summed E-state index contributed by atoms with van der Waals surface area (Å²) in [5.74, 6) is -0.196. The molecule has 7 nitrogen and oxygen atoms in total. The first-order valence-electron chi connectivity index (χ1n) is 8.87. The lowest BCUT2D eigenvalue weighted by atomic mass is 9.96. The number of nitrogens with zero attached hydrogens (tertiary/aromatic N) is 2. The van der Waals surface area contributed by atoms with Gasteiger partial charge in [-0.25, -0.2) is 12.7 Å². The maximum Gasteiger partial charge on any atom is 0.227 e. The molecule has 26 heavy (non-hydrogen) atoms. The molecular weight excluding hydrogens is 354 g/mol. The summed E-state index contributed by atoms with van der Waals surface area (Å²) in [6.45, 7) is 3.64. The molecule has 0 saturated carbocycles. The number of sulfonamides is 1. The van der Waals surface area contributed by atoms with E-state index in [1.165, 1.54) is 16.1 Å². The van der Waals surface area contributed by atoms with Crippen molar-refractivity contribution in [3.8, 4) is 0 Å². The Morgan fingerprint density at radius 1 is 1.12 bits per heavy atom. The van der Waals surface area contributed by atoms with Crippen molar-refractivity contribution in [2.24, 2.45) is 5.92 Å². The third-order valence-corrected chi connectivity index (χ3v) is 6.53. The minimum Gasteiger partial charge on any atom is -0.338 e. The molecule has 0 spiro atoms. The number of fused-ring (bicyclic) bond motifs is 1. The molecule has 0 aromatic heterocycles. The molecule has 142 valence electrons. The highest BCUT2D eigenvalue weighted by molar-refractivity contribution is 7.88. The molecule has 2 aliphatic rings. The van der Waals surface area contributed by atoms with Crippen molar-refractivity contribution in [2.75, 3.05) is 31.2 Å². The fourth-order valence-electron chi connectivity index (χ4n) is 3.60. The van der Waals surface area contributed by atoms with Gasteiger partial charge in [0.2, 0.25) is 21.8 Å². The SMILES string of the molecule is CC(=O)N1CCc2ccc(NC(=O)C3CCN(S(C)(=O)=O)CC3)cc2C1. The summed E-state index contributed by atoms with van der Waals surface area (Å²) in [6, 6.07) is 5.84. The first-order chi connectivity index (χ1) is 12.2. The van der Waals surface area contributed by atoms with Gasteiger partial charge in [-0.1, -0.05) is 6.07 Å². The van der Waals surface area contributed by atoms with Crippen molar-refractivity contribution in [3.63, 3.8) is 0 Å². The quantitative estimate of drug-likeness (QED) is 0.855. The number of rotatable bonds is 3. The average Bonchev–Trinajstić information content (AvgIpc) is 2.60. The first kappa shape index (κ1) is 18.8. The topological polar surface area (TPSA) is 86.8 Å². The Balaban J connectivity index is 1.62. The van der Waals surface area contributed by atoms with E-state index < -0.39 is 10.0 Å². The standard InChI is InChI=1S/C18H25N3O4S/c1-13(22)20-8-5-14-3-4-17(11-16(14)12-20)19-18(23)15-6-9-21(10-7-15)26(2,24)25/h3-4,11,15H,5-10,12H2,1-2H3,(H,19,23). The van der Waals surface area contributed by atoms with Crippen LogP contribution in [0.2, 0.25) is 0 Å². The van der Waals surface area contributed by atoms with E-state index in [9.17, 15) is 18.0 Å². The van der Waals surface area contributed by atoms with Crippen LogP contribution in [0.15, 0.2) is 18.2 Å². The average molecular weight is 379 g/mol. The van der Waals surface area contributed by atoms with E-state index in [0.717, 1.165) is 24.2 Å². The number of anilines is 1. The molecule has 3 rings (SSSR count). The zero-order chi connectivity index (χ0) is 18.9. The van der Waals surface area contributed by atoms with Gasteiger partial charge in [0.15, 0.2) is 0 Å². The third kappa shape index (κ3) is 4.24. The van der Waals surface area contributed by atoms with E-state index in [2.05, 4.69) is 5.32 Å². The summed E-state index contributed by atoms with van der Waals surface area (Å²) in [6.07, 6.45) is 3.09. The van der Waals surface area contributed by atoms with Gasteiger partial charge in [0.1, 0.15) is 0 Å². The van der Waals surface area contributed by atoms with Gasteiger partial charge >= 0.3 is 0 Å². The van der Waals surface area contributed by atoms with Gasteiger partial charge in [-0.15, -0.1) is 0 Å². The summed E-state index contributed by atoms with van der Waals surface area (Å²) < 4.78 is 24.5. The summed E-state index contributed by atoms with van der Waals surface area (Å²) in [5.41, 5.74) is 3.00. The second kappa shape index (κ2) is 7.36. The van der Waals surface area contributed by atoms with Gasteiger partial charge in [-0.05, 0) is 42.5 Å². The zero-order valence-corrected chi connectivity index (χ0v) is 16.0. The fraction of sp³-hybridized carbons (Fsp3) is 0.556. The molecule has 0 unspecified atom stereocenters. The van der Waals surface area contributed by atoms with Crippen LogP contribution in [0.1, 0.15) is 30.9 Å². The Kier molecular flexibility index (Phi) is 5.34. The van der Waals surface area contributed by atoms with E-state index in [1.807, 2.05) is 18.2 Å². The van der Waals surface area contributed by atoms with Gasteiger partial charge < -0.3 is 10.2 Å². The monoisotopic (exact) mass is 379 g/mol. The van der Waals surface area contributed by atoms with Gasteiger partial charge in [0.25, 0.3) is 0 Å². The largest absolute Gasteiger partial charge is 0.338 e. The van der Waals surface area contributed by atoms with E-state index in [0.29, 0.717) is 32.5 Å². The summed E-state index contributed by atoms with van der Waals surface area (Å²) in [5, 5.41) is 2.95. The highest BCUT2D eigenvalue weighted by Crippen LogP contribution is 2.25. The minimum absolute atomic E-state index is 0.0581. The Morgan fingerprint density at radius 2 is 1.81 bits per heavy atom. The van der Waals surface area contributed by atoms with Crippen molar-refractivity contribution >= 4 is 27.5 Å².